The van der Waals surface area contributed by atoms with Gasteiger partial charge >= 0.3 is 0 Å². The first-order valence-electron chi connectivity index (χ1n) is 6.93. The van der Waals surface area contributed by atoms with E-state index in [2.05, 4.69) is 24.5 Å². The third-order valence-corrected chi connectivity index (χ3v) is 2.67. The van der Waals surface area contributed by atoms with Crippen molar-refractivity contribution in [3.63, 3.8) is 0 Å². The number of benzene rings is 1. The average Bonchev–Trinajstić information content (AvgIpc) is 2.42. The van der Waals surface area contributed by atoms with Crippen LogP contribution in [0, 0.1) is 0 Å². The fourth-order valence-corrected chi connectivity index (χ4v) is 1.64. The SMILES string of the molecule is CCCCOCC(=O)Nc1cccc(CNCC)c1. The summed E-state index contributed by atoms with van der Waals surface area (Å²) in [5.74, 6) is -0.100. The number of carbonyl (C=O) groups is 1. The number of rotatable bonds is 9. The molecular weight excluding hydrogens is 240 g/mol. The predicted octanol–water partition coefficient (Wildman–Crippen LogP) is 2.55. The van der Waals surface area contributed by atoms with E-state index >= 15 is 0 Å². The molecule has 0 unspecified atom stereocenters. The van der Waals surface area contributed by atoms with Crippen LogP contribution in [0.4, 0.5) is 5.69 Å². The molecule has 2 N–H and O–H groups in total. The van der Waals surface area contributed by atoms with Crippen molar-refractivity contribution in [2.75, 3.05) is 25.1 Å². The summed E-state index contributed by atoms with van der Waals surface area (Å²) in [4.78, 5) is 11.6. The van der Waals surface area contributed by atoms with Crippen LogP contribution in [0.15, 0.2) is 24.3 Å². The number of ether oxygens (including phenoxy) is 1. The highest BCUT2D eigenvalue weighted by atomic mass is 16.5. The summed E-state index contributed by atoms with van der Waals surface area (Å²) >= 11 is 0. The van der Waals surface area contributed by atoms with Crippen LogP contribution in [0.5, 0.6) is 0 Å². The van der Waals surface area contributed by atoms with E-state index in [1.807, 2.05) is 24.3 Å². The molecule has 0 aromatic heterocycles. The first kappa shape index (κ1) is 15.7. The van der Waals surface area contributed by atoms with Gasteiger partial charge in [-0.2, -0.15) is 0 Å². The Labute approximate surface area is 115 Å². The van der Waals surface area contributed by atoms with Gasteiger partial charge in [-0.15, -0.1) is 0 Å². The Morgan fingerprint density at radius 3 is 2.89 bits per heavy atom. The van der Waals surface area contributed by atoms with E-state index in [-0.39, 0.29) is 12.5 Å². The Bertz CT molecular complexity index is 380. The molecule has 1 amide bonds. The molecule has 0 aliphatic heterocycles. The Morgan fingerprint density at radius 2 is 2.16 bits per heavy atom. The average molecular weight is 264 g/mol. The number of carbonyl (C=O) groups excluding carboxylic acids is 1. The molecule has 0 aliphatic carbocycles. The number of hydrogen-bond donors (Lipinski definition) is 2. The van der Waals surface area contributed by atoms with Gasteiger partial charge < -0.3 is 15.4 Å². The van der Waals surface area contributed by atoms with Crippen LogP contribution < -0.4 is 10.6 Å². The summed E-state index contributed by atoms with van der Waals surface area (Å²) in [5, 5.41) is 6.10. The van der Waals surface area contributed by atoms with Gasteiger partial charge in [-0.25, -0.2) is 0 Å². The lowest BCUT2D eigenvalue weighted by Gasteiger charge is -2.08. The minimum absolute atomic E-state index is 0.100. The van der Waals surface area contributed by atoms with Crippen molar-refractivity contribution >= 4 is 11.6 Å². The number of anilines is 1. The van der Waals surface area contributed by atoms with Crippen molar-refractivity contribution in [1.82, 2.24) is 5.32 Å². The summed E-state index contributed by atoms with van der Waals surface area (Å²) in [6.07, 6.45) is 2.07. The molecule has 0 atom stereocenters. The molecule has 0 aliphatic rings. The van der Waals surface area contributed by atoms with Crippen LogP contribution in [0.25, 0.3) is 0 Å². The van der Waals surface area contributed by atoms with Crippen molar-refractivity contribution < 1.29 is 9.53 Å². The highest BCUT2D eigenvalue weighted by Crippen LogP contribution is 2.10. The second kappa shape index (κ2) is 9.53. The first-order valence-corrected chi connectivity index (χ1v) is 6.93. The van der Waals surface area contributed by atoms with E-state index in [0.29, 0.717) is 6.61 Å². The molecule has 19 heavy (non-hydrogen) atoms. The van der Waals surface area contributed by atoms with Gasteiger partial charge in [0.05, 0.1) is 0 Å². The third kappa shape index (κ3) is 6.94. The third-order valence-electron chi connectivity index (χ3n) is 2.67. The first-order chi connectivity index (χ1) is 9.26. The van der Waals surface area contributed by atoms with E-state index in [1.165, 1.54) is 0 Å². The predicted molar refractivity (Wildman–Crippen MR) is 78.2 cm³/mol. The van der Waals surface area contributed by atoms with Gasteiger partial charge in [0.15, 0.2) is 0 Å². The van der Waals surface area contributed by atoms with Crippen LogP contribution in [-0.2, 0) is 16.1 Å². The Kier molecular flexibility index (Phi) is 7.86. The lowest BCUT2D eigenvalue weighted by molar-refractivity contribution is -0.120. The highest BCUT2D eigenvalue weighted by Gasteiger charge is 2.03. The lowest BCUT2D eigenvalue weighted by Crippen LogP contribution is -2.19. The molecule has 0 fully saturated rings. The van der Waals surface area contributed by atoms with Crippen molar-refractivity contribution in [1.29, 1.82) is 0 Å². The molecule has 0 bridgehead atoms. The number of hydrogen-bond acceptors (Lipinski definition) is 3. The van der Waals surface area contributed by atoms with Crippen LogP contribution in [0.3, 0.4) is 0 Å². The fraction of sp³-hybridized carbons (Fsp3) is 0.533. The molecule has 106 valence electrons. The van der Waals surface area contributed by atoms with Crippen LogP contribution in [0.2, 0.25) is 0 Å². The summed E-state index contributed by atoms with van der Waals surface area (Å²) < 4.78 is 5.28. The largest absolute Gasteiger partial charge is 0.372 e. The topological polar surface area (TPSA) is 50.4 Å². The van der Waals surface area contributed by atoms with E-state index in [9.17, 15) is 4.79 Å². The standard InChI is InChI=1S/C15H24N2O2/c1-3-5-9-19-12-15(18)17-14-8-6-7-13(10-14)11-16-4-2/h6-8,10,16H,3-5,9,11-12H2,1-2H3,(H,17,18). The highest BCUT2D eigenvalue weighted by molar-refractivity contribution is 5.91. The van der Waals surface area contributed by atoms with Gasteiger partial charge in [0.25, 0.3) is 0 Å². The molecule has 0 spiro atoms. The molecule has 4 nitrogen and oxygen atoms in total. The summed E-state index contributed by atoms with van der Waals surface area (Å²) in [7, 11) is 0. The molecule has 0 radical (unpaired) electrons. The fourth-order valence-electron chi connectivity index (χ4n) is 1.64. The molecule has 0 heterocycles. The van der Waals surface area contributed by atoms with Crippen LogP contribution >= 0.6 is 0 Å². The minimum Gasteiger partial charge on any atom is -0.372 e. The zero-order chi connectivity index (χ0) is 13.9. The Hall–Kier alpha value is -1.39. The summed E-state index contributed by atoms with van der Waals surface area (Å²) in [6.45, 7) is 6.68. The van der Waals surface area contributed by atoms with Crippen molar-refractivity contribution in [2.45, 2.75) is 33.2 Å². The number of nitrogens with one attached hydrogen (secondary N) is 2. The number of unbranched alkanes of at least 4 members (excludes halogenated alkanes) is 1. The van der Waals surface area contributed by atoms with Crippen molar-refractivity contribution in [3.05, 3.63) is 29.8 Å². The Morgan fingerprint density at radius 1 is 1.32 bits per heavy atom. The van der Waals surface area contributed by atoms with Gasteiger partial charge in [-0.1, -0.05) is 32.4 Å². The van der Waals surface area contributed by atoms with Crippen LogP contribution in [0.1, 0.15) is 32.3 Å². The van der Waals surface area contributed by atoms with Gasteiger partial charge in [0, 0.05) is 18.8 Å². The summed E-state index contributed by atoms with van der Waals surface area (Å²) in [5.41, 5.74) is 1.98. The monoisotopic (exact) mass is 264 g/mol. The smallest absolute Gasteiger partial charge is 0.250 e. The second-order valence-corrected chi connectivity index (χ2v) is 4.44. The van der Waals surface area contributed by atoms with Gasteiger partial charge in [0.1, 0.15) is 6.61 Å². The van der Waals surface area contributed by atoms with E-state index in [4.69, 9.17) is 4.74 Å². The van der Waals surface area contributed by atoms with Gasteiger partial charge in [-0.05, 0) is 30.7 Å². The van der Waals surface area contributed by atoms with Gasteiger partial charge in [0.2, 0.25) is 5.91 Å². The molecule has 0 saturated carbocycles. The van der Waals surface area contributed by atoms with E-state index in [1.54, 1.807) is 0 Å². The lowest BCUT2D eigenvalue weighted by atomic mass is 10.2. The molecule has 0 saturated heterocycles. The minimum atomic E-state index is -0.100. The number of amides is 1. The normalized spacial score (nSPS) is 10.4. The van der Waals surface area contributed by atoms with Crippen molar-refractivity contribution in [3.8, 4) is 0 Å². The zero-order valence-corrected chi connectivity index (χ0v) is 11.9. The molecule has 1 aromatic rings. The van der Waals surface area contributed by atoms with E-state index in [0.717, 1.165) is 37.2 Å². The second-order valence-electron chi connectivity index (χ2n) is 4.44. The quantitative estimate of drug-likeness (QED) is 0.674. The summed E-state index contributed by atoms with van der Waals surface area (Å²) in [6, 6.07) is 7.85. The molecule has 4 heteroatoms. The van der Waals surface area contributed by atoms with Crippen LogP contribution in [-0.4, -0.2) is 25.7 Å². The van der Waals surface area contributed by atoms with Gasteiger partial charge in [-0.3, -0.25) is 4.79 Å². The maximum Gasteiger partial charge on any atom is 0.250 e. The maximum atomic E-state index is 11.6. The van der Waals surface area contributed by atoms with E-state index < -0.39 is 0 Å². The zero-order valence-electron chi connectivity index (χ0n) is 11.9. The maximum absolute atomic E-state index is 11.6. The van der Waals surface area contributed by atoms with Crippen molar-refractivity contribution in [2.24, 2.45) is 0 Å². The molecular formula is C15H24N2O2. The Balaban J connectivity index is 2.36. The molecule has 1 aromatic carbocycles. The molecule has 1 rings (SSSR count).